The number of piperidine rings is 1. The summed E-state index contributed by atoms with van der Waals surface area (Å²) in [5, 5.41) is 7.53. The number of nitrogens with zero attached hydrogens (tertiary/aromatic N) is 3. The van der Waals surface area contributed by atoms with Crippen molar-refractivity contribution in [3.8, 4) is 16.9 Å². The molecular weight excluding hydrogens is 338 g/mol. The normalized spacial score (nSPS) is 17.7. The Hall–Kier alpha value is -2.86. The molecule has 1 aliphatic heterocycles. The molecule has 3 heterocycles. The molecule has 3 aromatic rings. The third-order valence-electron chi connectivity index (χ3n) is 5.09. The Morgan fingerprint density at radius 1 is 1.22 bits per heavy atom. The van der Waals surface area contributed by atoms with E-state index in [2.05, 4.69) is 20.1 Å². The van der Waals surface area contributed by atoms with Crippen molar-refractivity contribution in [2.75, 3.05) is 32.0 Å². The van der Waals surface area contributed by atoms with E-state index in [0.717, 1.165) is 42.9 Å². The van der Waals surface area contributed by atoms with Crippen LogP contribution < -0.4 is 10.5 Å². The molecule has 1 fully saturated rings. The van der Waals surface area contributed by atoms with E-state index in [0.29, 0.717) is 18.3 Å². The number of pyridine rings is 1. The van der Waals surface area contributed by atoms with Crippen LogP contribution in [0.5, 0.6) is 5.75 Å². The molecule has 6 nitrogen and oxygen atoms in total. The molecule has 0 saturated carbocycles. The van der Waals surface area contributed by atoms with Crippen LogP contribution in [0.4, 0.5) is 5.82 Å². The van der Waals surface area contributed by atoms with Crippen LogP contribution in [0.25, 0.3) is 11.1 Å². The summed E-state index contributed by atoms with van der Waals surface area (Å²) in [5.74, 6) is 1.89. The van der Waals surface area contributed by atoms with Gasteiger partial charge in [0.25, 0.3) is 0 Å². The maximum atomic E-state index is 5.86. The molecule has 1 aromatic carbocycles. The summed E-state index contributed by atoms with van der Waals surface area (Å²) >= 11 is 0. The highest BCUT2D eigenvalue weighted by Crippen LogP contribution is 2.33. The number of ether oxygens (including phenoxy) is 1. The van der Waals surface area contributed by atoms with E-state index in [9.17, 15) is 0 Å². The van der Waals surface area contributed by atoms with Gasteiger partial charge in [-0.05, 0) is 49.2 Å². The van der Waals surface area contributed by atoms with E-state index in [1.807, 2.05) is 48.7 Å². The van der Waals surface area contributed by atoms with Gasteiger partial charge in [-0.15, -0.1) is 0 Å². The molecule has 0 amide bonds. The second kappa shape index (κ2) is 8.22. The lowest BCUT2D eigenvalue weighted by molar-refractivity contribution is 0.169. The van der Waals surface area contributed by atoms with Gasteiger partial charge in [0.15, 0.2) is 0 Å². The second-order valence-electron chi connectivity index (χ2n) is 6.97. The van der Waals surface area contributed by atoms with Crippen molar-refractivity contribution in [1.82, 2.24) is 20.1 Å². The van der Waals surface area contributed by atoms with Gasteiger partial charge < -0.3 is 10.5 Å². The van der Waals surface area contributed by atoms with E-state index in [1.54, 1.807) is 6.20 Å². The molecule has 1 atom stereocenters. The Bertz CT molecular complexity index is 864. The van der Waals surface area contributed by atoms with Crippen LogP contribution >= 0.6 is 0 Å². The number of nitrogens with one attached hydrogen (secondary N) is 1. The fourth-order valence-corrected chi connectivity index (χ4v) is 3.76. The van der Waals surface area contributed by atoms with Crippen molar-refractivity contribution in [1.29, 1.82) is 0 Å². The van der Waals surface area contributed by atoms with Gasteiger partial charge in [-0.1, -0.05) is 18.2 Å². The number of para-hydroxylation sites is 1. The highest BCUT2D eigenvalue weighted by molar-refractivity contribution is 5.67. The Labute approximate surface area is 159 Å². The second-order valence-corrected chi connectivity index (χ2v) is 6.97. The summed E-state index contributed by atoms with van der Waals surface area (Å²) in [6.07, 6.45) is 5.97. The Morgan fingerprint density at radius 2 is 2.11 bits per heavy atom. The molecule has 1 aliphatic rings. The minimum absolute atomic E-state index is 0.433. The summed E-state index contributed by atoms with van der Waals surface area (Å²) in [4.78, 5) is 6.56. The fourth-order valence-electron chi connectivity index (χ4n) is 3.76. The lowest BCUT2D eigenvalue weighted by Crippen LogP contribution is -2.37. The molecule has 1 saturated heterocycles. The molecule has 4 rings (SSSR count). The van der Waals surface area contributed by atoms with Gasteiger partial charge in [-0.3, -0.25) is 10.00 Å². The largest absolute Gasteiger partial charge is 0.492 e. The predicted molar refractivity (Wildman–Crippen MR) is 107 cm³/mol. The third kappa shape index (κ3) is 4.28. The van der Waals surface area contributed by atoms with Gasteiger partial charge in [0.2, 0.25) is 0 Å². The van der Waals surface area contributed by atoms with Crippen molar-refractivity contribution in [2.24, 2.45) is 0 Å². The Balaban J connectivity index is 1.39. The van der Waals surface area contributed by atoms with Crippen molar-refractivity contribution in [2.45, 2.75) is 18.8 Å². The molecule has 0 spiro atoms. The molecule has 2 aromatic heterocycles. The number of H-pyrrole nitrogens is 1. The zero-order valence-electron chi connectivity index (χ0n) is 15.3. The first-order chi connectivity index (χ1) is 13.3. The highest BCUT2D eigenvalue weighted by atomic mass is 16.5. The van der Waals surface area contributed by atoms with Gasteiger partial charge in [-0.25, -0.2) is 4.98 Å². The first-order valence-electron chi connectivity index (χ1n) is 9.45. The van der Waals surface area contributed by atoms with Gasteiger partial charge >= 0.3 is 0 Å². The van der Waals surface area contributed by atoms with Crippen LogP contribution in [-0.4, -0.2) is 46.3 Å². The number of hydrogen-bond donors (Lipinski definition) is 2. The molecule has 1 unspecified atom stereocenters. The number of aromatic amines is 1. The van der Waals surface area contributed by atoms with E-state index in [1.165, 1.54) is 12.1 Å². The van der Waals surface area contributed by atoms with Gasteiger partial charge in [0, 0.05) is 36.5 Å². The number of nitrogen functional groups attached to an aromatic ring is 1. The van der Waals surface area contributed by atoms with Crippen molar-refractivity contribution in [3.05, 3.63) is 60.6 Å². The number of hydrogen-bond acceptors (Lipinski definition) is 5. The number of aromatic nitrogens is 3. The van der Waals surface area contributed by atoms with E-state index < -0.39 is 0 Å². The number of anilines is 1. The molecular formula is C21H25N5O. The van der Waals surface area contributed by atoms with E-state index >= 15 is 0 Å². The molecule has 0 bridgehead atoms. The van der Waals surface area contributed by atoms with Crippen LogP contribution in [0.15, 0.2) is 54.9 Å². The smallest absolute Gasteiger partial charge is 0.123 e. The van der Waals surface area contributed by atoms with Crippen LogP contribution in [0.1, 0.15) is 24.5 Å². The maximum Gasteiger partial charge on any atom is 0.123 e. The zero-order chi connectivity index (χ0) is 18.5. The first-order valence-corrected chi connectivity index (χ1v) is 9.45. The summed E-state index contributed by atoms with van der Waals surface area (Å²) in [7, 11) is 0. The lowest BCUT2D eigenvalue weighted by Gasteiger charge is -2.32. The topological polar surface area (TPSA) is 80.1 Å². The predicted octanol–water partition coefficient (Wildman–Crippen LogP) is 3.31. The number of rotatable bonds is 6. The van der Waals surface area contributed by atoms with Crippen LogP contribution in [0.2, 0.25) is 0 Å². The zero-order valence-corrected chi connectivity index (χ0v) is 15.3. The average Bonchev–Trinajstić information content (AvgIpc) is 3.19. The fraction of sp³-hybridized carbons (Fsp3) is 0.333. The Kier molecular flexibility index (Phi) is 5.34. The van der Waals surface area contributed by atoms with E-state index in [4.69, 9.17) is 10.5 Å². The maximum absolute atomic E-state index is 5.86. The molecule has 0 radical (unpaired) electrons. The molecule has 140 valence electrons. The minimum Gasteiger partial charge on any atom is -0.492 e. The minimum atomic E-state index is 0.433. The third-order valence-corrected chi connectivity index (χ3v) is 5.09. The van der Waals surface area contributed by atoms with Gasteiger partial charge in [-0.2, -0.15) is 5.10 Å². The summed E-state index contributed by atoms with van der Waals surface area (Å²) in [6, 6.07) is 13.9. The summed E-state index contributed by atoms with van der Waals surface area (Å²) in [6.45, 7) is 3.75. The van der Waals surface area contributed by atoms with Crippen molar-refractivity contribution < 1.29 is 4.74 Å². The van der Waals surface area contributed by atoms with Crippen LogP contribution in [-0.2, 0) is 0 Å². The van der Waals surface area contributed by atoms with Crippen LogP contribution in [0, 0.1) is 0 Å². The lowest BCUT2D eigenvalue weighted by atomic mass is 9.91. The van der Waals surface area contributed by atoms with Gasteiger partial charge in [0.05, 0.1) is 6.20 Å². The first kappa shape index (κ1) is 17.5. The van der Waals surface area contributed by atoms with Crippen molar-refractivity contribution >= 4 is 5.82 Å². The molecule has 3 N–H and O–H groups in total. The van der Waals surface area contributed by atoms with E-state index in [-0.39, 0.29) is 0 Å². The average molecular weight is 363 g/mol. The number of benzene rings is 1. The number of likely N-dealkylation sites (tertiary alicyclic amines) is 1. The summed E-state index contributed by atoms with van der Waals surface area (Å²) < 4.78 is 5.86. The monoisotopic (exact) mass is 363 g/mol. The number of nitrogens with two attached hydrogens (primary N) is 1. The highest BCUT2D eigenvalue weighted by Gasteiger charge is 2.25. The molecule has 6 heteroatoms. The van der Waals surface area contributed by atoms with Gasteiger partial charge in [0.1, 0.15) is 18.2 Å². The summed E-state index contributed by atoms with van der Waals surface area (Å²) in [5.41, 5.74) is 9.23. The molecule has 27 heavy (non-hydrogen) atoms. The Morgan fingerprint density at radius 3 is 2.96 bits per heavy atom. The molecule has 0 aliphatic carbocycles. The quantitative estimate of drug-likeness (QED) is 0.702. The standard InChI is InChI=1S/C21H25N5O/c22-20-13-16(8-9-23-20)19-14-24-25-21(19)17-5-4-10-26(15-17)11-12-27-18-6-2-1-3-7-18/h1-3,6-9,13-14,17H,4-5,10-12,15H2,(H2,22,23)(H,24,25). The van der Waals surface area contributed by atoms with Crippen LogP contribution in [0.3, 0.4) is 0 Å². The SMILES string of the molecule is Nc1cc(-c2cn[nH]c2C2CCCN(CCOc3ccccc3)C2)ccn1. The van der Waals surface area contributed by atoms with Crippen molar-refractivity contribution in [3.63, 3.8) is 0 Å².